The van der Waals surface area contributed by atoms with Crippen molar-refractivity contribution in [2.45, 2.75) is 30.9 Å². The lowest BCUT2D eigenvalue weighted by atomic mass is 10.0. The monoisotopic (exact) mass is 578 g/mol. The fraction of sp³-hybridized carbons (Fsp3) is 0.323. The van der Waals surface area contributed by atoms with Crippen LogP contribution in [-0.4, -0.2) is 74.3 Å². The number of ether oxygens (including phenoxy) is 3. The number of amides is 1. The van der Waals surface area contributed by atoms with Crippen LogP contribution in [0.1, 0.15) is 35.3 Å². The first-order chi connectivity index (χ1) is 19.7. The molecule has 2 aliphatic rings. The van der Waals surface area contributed by atoms with Crippen LogP contribution in [0.25, 0.3) is 12.2 Å². The first kappa shape index (κ1) is 28.7. The Balaban J connectivity index is 1.46. The number of nitrogens with zero attached hydrogens (tertiary/aromatic N) is 2. The fourth-order valence-corrected chi connectivity index (χ4v) is 6.75. The molecule has 1 N–H and O–H groups in total. The number of aliphatic hydroxyl groups is 1. The van der Waals surface area contributed by atoms with Crippen LogP contribution in [0, 0.1) is 5.92 Å². The lowest BCUT2D eigenvalue weighted by Crippen LogP contribution is -2.50. The summed E-state index contributed by atoms with van der Waals surface area (Å²) in [5.74, 6) is 0.783. The highest BCUT2D eigenvalue weighted by atomic mass is 32.2. The minimum atomic E-state index is -3.97. The van der Waals surface area contributed by atoms with E-state index in [-0.39, 0.29) is 49.0 Å². The Morgan fingerprint density at radius 3 is 2.51 bits per heavy atom. The number of sulfonamides is 1. The molecule has 10 heteroatoms. The van der Waals surface area contributed by atoms with Crippen molar-refractivity contribution in [2.24, 2.45) is 5.92 Å². The third-order valence-electron chi connectivity index (χ3n) is 7.38. The van der Waals surface area contributed by atoms with Gasteiger partial charge in [0, 0.05) is 31.1 Å². The van der Waals surface area contributed by atoms with E-state index in [1.807, 2.05) is 49.4 Å². The van der Waals surface area contributed by atoms with E-state index in [1.54, 1.807) is 55.3 Å². The van der Waals surface area contributed by atoms with Crippen molar-refractivity contribution in [3.05, 3.63) is 83.4 Å². The van der Waals surface area contributed by atoms with E-state index in [4.69, 9.17) is 14.2 Å². The Kier molecular flexibility index (Phi) is 8.35. The van der Waals surface area contributed by atoms with E-state index >= 15 is 0 Å². The van der Waals surface area contributed by atoms with Gasteiger partial charge in [-0.25, -0.2) is 8.42 Å². The molecule has 41 heavy (non-hydrogen) atoms. The standard InChI is InChI=1S/C31H34N2O7S/c1-21-17-33(22(2)19-34)41(36,37)30-14-11-24(10-9-23-7-5-4-6-8-23)15-28(30)40-29(21)18-32(3)31(35)25-12-13-26-27(16-25)39-20-38-26/h4-16,21-22,29,34H,17-20H2,1-3H3/b10-9+/t21-,22-,29-/m1/s1. The summed E-state index contributed by atoms with van der Waals surface area (Å²) in [4.78, 5) is 14.9. The maximum Gasteiger partial charge on any atom is 0.253 e. The molecule has 0 fully saturated rings. The van der Waals surface area contributed by atoms with Crippen molar-refractivity contribution < 1.29 is 32.5 Å². The van der Waals surface area contributed by atoms with Crippen LogP contribution >= 0.6 is 0 Å². The van der Waals surface area contributed by atoms with Crippen LogP contribution in [0.3, 0.4) is 0 Å². The van der Waals surface area contributed by atoms with Gasteiger partial charge < -0.3 is 24.2 Å². The second-order valence-electron chi connectivity index (χ2n) is 10.4. The van der Waals surface area contributed by atoms with Gasteiger partial charge in [-0.2, -0.15) is 4.31 Å². The van der Waals surface area contributed by atoms with Crippen LogP contribution < -0.4 is 14.2 Å². The largest absolute Gasteiger partial charge is 0.487 e. The Morgan fingerprint density at radius 1 is 1.02 bits per heavy atom. The zero-order valence-corrected chi connectivity index (χ0v) is 24.1. The van der Waals surface area contributed by atoms with Gasteiger partial charge in [-0.15, -0.1) is 0 Å². The molecular weight excluding hydrogens is 544 g/mol. The number of likely N-dealkylation sites (N-methyl/N-ethyl adjacent to an activating group) is 1. The molecule has 0 saturated carbocycles. The second kappa shape index (κ2) is 11.9. The SMILES string of the molecule is C[C@@H]1CN([C@H](C)CO)S(=O)(=O)c2ccc(/C=C/c3ccccc3)cc2O[C@@H]1CN(C)C(=O)c1ccc2c(c1)OCO2. The van der Waals surface area contributed by atoms with Crippen LogP contribution in [0.2, 0.25) is 0 Å². The summed E-state index contributed by atoms with van der Waals surface area (Å²) in [5, 5.41) is 9.90. The summed E-state index contributed by atoms with van der Waals surface area (Å²) >= 11 is 0. The molecule has 3 atom stereocenters. The number of aliphatic hydroxyl groups excluding tert-OH is 1. The highest BCUT2D eigenvalue weighted by molar-refractivity contribution is 7.89. The Labute approximate surface area is 240 Å². The quantitative estimate of drug-likeness (QED) is 0.421. The number of carbonyl (C=O) groups excluding carboxylic acids is 1. The van der Waals surface area contributed by atoms with Crippen molar-refractivity contribution in [3.63, 3.8) is 0 Å². The maximum absolute atomic E-state index is 13.8. The van der Waals surface area contributed by atoms with Gasteiger partial charge in [0.25, 0.3) is 5.91 Å². The molecule has 3 aromatic rings. The summed E-state index contributed by atoms with van der Waals surface area (Å²) in [7, 11) is -2.28. The van der Waals surface area contributed by atoms with Crippen LogP contribution in [0.4, 0.5) is 0 Å². The lowest BCUT2D eigenvalue weighted by Gasteiger charge is -2.37. The summed E-state index contributed by atoms with van der Waals surface area (Å²) in [5.41, 5.74) is 2.22. The Bertz CT molecular complexity index is 1540. The van der Waals surface area contributed by atoms with Gasteiger partial charge in [0.15, 0.2) is 11.5 Å². The molecule has 9 nitrogen and oxygen atoms in total. The van der Waals surface area contributed by atoms with Crippen molar-refractivity contribution in [3.8, 4) is 17.2 Å². The topological polar surface area (TPSA) is 106 Å². The molecule has 5 rings (SSSR count). The van der Waals surface area contributed by atoms with E-state index in [1.165, 1.54) is 4.31 Å². The predicted octanol–water partition coefficient (Wildman–Crippen LogP) is 4.13. The minimum Gasteiger partial charge on any atom is -0.487 e. The molecule has 3 aromatic carbocycles. The predicted molar refractivity (Wildman–Crippen MR) is 155 cm³/mol. The summed E-state index contributed by atoms with van der Waals surface area (Å²) < 4.78 is 46.0. The van der Waals surface area contributed by atoms with Crippen LogP contribution in [0.5, 0.6) is 17.2 Å². The van der Waals surface area contributed by atoms with E-state index in [0.717, 1.165) is 11.1 Å². The molecule has 1 amide bonds. The molecule has 0 spiro atoms. The van der Waals surface area contributed by atoms with Gasteiger partial charge in [0.2, 0.25) is 16.8 Å². The fourth-order valence-electron chi connectivity index (χ4n) is 4.92. The van der Waals surface area contributed by atoms with Gasteiger partial charge in [0.1, 0.15) is 16.7 Å². The summed E-state index contributed by atoms with van der Waals surface area (Å²) in [6.45, 7) is 3.68. The molecule has 216 valence electrons. The molecule has 0 aliphatic carbocycles. The normalized spacial score (nSPS) is 20.5. The molecule has 2 aliphatic heterocycles. The lowest BCUT2D eigenvalue weighted by molar-refractivity contribution is 0.0563. The molecule has 0 bridgehead atoms. The molecule has 0 aromatic heterocycles. The Morgan fingerprint density at radius 2 is 1.76 bits per heavy atom. The number of benzene rings is 3. The van der Waals surface area contributed by atoms with Gasteiger partial charge in [-0.05, 0) is 48.4 Å². The van der Waals surface area contributed by atoms with Crippen LogP contribution in [-0.2, 0) is 10.0 Å². The molecular formula is C31H34N2O7S. The van der Waals surface area contributed by atoms with E-state index < -0.39 is 22.2 Å². The first-order valence-corrected chi connectivity index (χ1v) is 14.9. The number of rotatable bonds is 7. The number of hydrogen-bond donors (Lipinski definition) is 1. The van der Waals surface area contributed by atoms with Crippen molar-refractivity contribution >= 4 is 28.1 Å². The highest BCUT2D eigenvalue weighted by Gasteiger charge is 2.38. The van der Waals surface area contributed by atoms with E-state index in [2.05, 4.69) is 0 Å². The Hall–Kier alpha value is -3.86. The van der Waals surface area contributed by atoms with Gasteiger partial charge in [0.05, 0.1) is 13.2 Å². The van der Waals surface area contributed by atoms with E-state index in [9.17, 15) is 18.3 Å². The van der Waals surface area contributed by atoms with Gasteiger partial charge in [-0.3, -0.25) is 4.79 Å². The highest BCUT2D eigenvalue weighted by Crippen LogP contribution is 2.35. The van der Waals surface area contributed by atoms with Crippen molar-refractivity contribution in [1.82, 2.24) is 9.21 Å². The first-order valence-electron chi connectivity index (χ1n) is 13.5. The van der Waals surface area contributed by atoms with Crippen molar-refractivity contribution in [1.29, 1.82) is 0 Å². The molecule has 0 unspecified atom stereocenters. The third-order valence-corrected chi connectivity index (χ3v) is 9.40. The summed E-state index contributed by atoms with van der Waals surface area (Å²) in [6, 6.07) is 19.2. The minimum absolute atomic E-state index is 0.0244. The van der Waals surface area contributed by atoms with Gasteiger partial charge in [-0.1, -0.05) is 55.5 Å². The number of fused-ring (bicyclic) bond motifs is 2. The third kappa shape index (κ3) is 6.09. The molecule has 0 radical (unpaired) electrons. The van der Waals surface area contributed by atoms with Crippen molar-refractivity contribution in [2.75, 3.05) is 33.5 Å². The zero-order valence-electron chi connectivity index (χ0n) is 23.3. The van der Waals surface area contributed by atoms with Crippen LogP contribution in [0.15, 0.2) is 71.6 Å². The summed E-state index contributed by atoms with van der Waals surface area (Å²) in [6.07, 6.45) is 3.30. The van der Waals surface area contributed by atoms with Gasteiger partial charge >= 0.3 is 0 Å². The second-order valence-corrected chi connectivity index (χ2v) is 12.3. The number of hydrogen-bond acceptors (Lipinski definition) is 7. The van der Waals surface area contributed by atoms with E-state index in [0.29, 0.717) is 17.1 Å². The smallest absolute Gasteiger partial charge is 0.253 e. The number of carbonyl (C=O) groups is 1. The average molecular weight is 579 g/mol. The average Bonchev–Trinajstić information content (AvgIpc) is 3.45. The zero-order chi connectivity index (χ0) is 29.1. The maximum atomic E-state index is 13.8. The molecule has 0 saturated heterocycles. The molecule has 2 heterocycles.